The molecule has 1 saturated heterocycles. The van der Waals surface area contributed by atoms with Gasteiger partial charge >= 0.3 is 6.61 Å². The summed E-state index contributed by atoms with van der Waals surface area (Å²) >= 11 is 0. The molecule has 1 aliphatic rings. The van der Waals surface area contributed by atoms with E-state index in [9.17, 15) is 13.6 Å². The van der Waals surface area contributed by atoms with Gasteiger partial charge in [0.1, 0.15) is 0 Å². The number of nitrogens with zero attached hydrogens (tertiary/aromatic N) is 2. The van der Waals surface area contributed by atoms with Gasteiger partial charge in [0.25, 0.3) is 0 Å². The Morgan fingerprint density at radius 2 is 1.90 bits per heavy atom. The van der Waals surface area contributed by atoms with E-state index < -0.39 is 6.61 Å². The molecule has 0 bridgehead atoms. The molecule has 160 valence electrons. The van der Waals surface area contributed by atoms with Crippen molar-refractivity contribution in [1.29, 1.82) is 0 Å². The van der Waals surface area contributed by atoms with Gasteiger partial charge < -0.3 is 19.3 Å². The molecule has 1 amide bonds. The van der Waals surface area contributed by atoms with E-state index in [0.717, 1.165) is 24.3 Å². The molecule has 30 heavy (non-hydrogen) atoms. The largest absolute Gasteiger partial charge is 0.493 e. The number of benzene rings is 2. The number of hydrogen-bond acceptors (Lipinski definition) is 4. The van der Waals surface area contributed by atoms with Crippen molar-refractivity contribution in [3.05, 3.63) is 59.7 Å². The number of methoxy groups -OCH3 is 1. The van der Waals surface area contributed by atoms with Crippen molar-refractivity contribution in [3.8, 4) is 11.5 Å². The SMILES string of the molecule is COc1cccc(/C=C/C(=O)N(C)Cc2ccccc2N2CCCC2)c1OC(F)F. The van der Waals surface area contributed by atoms with Crippen LogP contribution >= 0.6 is 0 Å². The average molecular weight is 416 g/mol. The van der Waals surface area contributed by atoms with Gasteiger partial charge in [0.2, 0.25) is 5.91 Å². The highest BCUT2D eigenvalue weighted by Gasteiger charge is 2.18. The lowest BCUT2D eigenvalue weighted by Crippen LogP contribution is -2.26. The molecule has 0 aliphatic carbocycles. The Morgan fingerprint density at radius 3 is 2.60 bits per heavy atom. The molecular weight excluding hydrogens is 390 g/mol. The Labute approximate surface area is 175 Å². The fourth-order valence-electron chi connectivity index (χ4n) is 3.57. The van der Waals surface area contributed by atoms with Crippen molar-refractivity contribution in [2.24, 2.45) is 0 Å². The van der Waals surface area contributed by atoms with E-state index in [2.05, 4.69) is 15.7 Å². The maximum absolute atomic E-state index is 12.8. The molecule has 5 nitrogen and oxygen atoms in total. The van der Waals surface area contributed by atoms with Gasteiger partial charge in [0.15, 0.2) is 11.5 Å². The van der Waals surface area contributed by atoms with Crippen molar-refractivity contribution in [2.75, 3.05) is 32.1 Å². The van der Waals surface area contributed by atoms with E-state index in [1.165, 1.54) is 38.2 Å². The Hall–Kier alpha value is -3.09. The van der Waals surface area contributed by atoms with Crippen molar-refractivity contribution in [1.82, 2.24) is 4.90 Å². The van der Waals surface area contributed by atoms with Gasteiger partial charge in [-0.15, -0.1) is 0 Å². The second-order valence-electron chi connectivity index (χ2n) is 7.11. The van der Waals surface area contributed by atoms with Crippen LogP contribution in [0.2, 0.25) is 0 Å². The van der Waals surface area contributed by atoms with Crippen LogP contribution in [-0.4, -0.2) is 44.7 Å². The van der Waals surface area contributed by atoms with Crippen LogP contribution in [0.25, 0.3) is 6.08 Å². The van der Waals surface area contributed by atoms with Gasteiger partial charge in [-0.3, -0.25) is 4.79 Å². The zero-order valence-corrected chi connectivity index (χ0v) is 17.2. The number of alkyl halides is 2. The third-order valence-corrected chi connectivity index (χ3v) is 5.06. The second kappa shape index (κ2) is 10.1. The molecule has 0 unspecified atom stereocenters. The Bertz CT molecular complexity index is 896. The topological polar surface area (TPSA) is 42.0 Å². The molecule has 2 aromatic rings. The van der Waals surface area contributed by atoms with Crippen molar-refractivity contribution < 1.29 is 23.0 Å². The summed E-state index contributed by atoms with van der Waals surface area (Å²) in [5, 5.41) is 0. The van der Waals surface area contributed by atoms with E-state index >= 15 is 0 Å². The van der Waals surface area contributed by atoms with E-state index in [1.807, 2.05) is 18.2 Å². The van der Waals surface area contributed by atoms with Crippen LogP contribution in [0, 0.1) is 0 Å². The smallest absolute Gasteiger partial charge is 0.387 e. The Balaban J connectivity index is 1.73. The minimum Gasteiger partial charge on any atom is -0.493 e. The first-order valence-electron chi connectivity index (χ1n) is 9.87. The van der Waals surface area contributed by atoms with Crippen LogP contribution in [0.4, 0.5) is 14.5 Å². The highest BCUT2D eigenvalue weighted by Crippen LogP contribution is 2.33. The molecule has 2 aromatic carbocycles. The van der Waals surface area contributed by atoms with Gasteiger partial charge in [-0.25, -0.2) is 0 Å². The molecule has 0 saturated carbocycles. The fourth-order valence-corrected chi connectivity index (χ4v) is 3.57. The molecule has 1 heterocycles. The first-order chi connectivity index (χ1) is 14.5. The molecule has 3 rings (SSSR count). The van der Waals surface area contributed by atoms with Crippen LogP contribution in [0.3, 0.4) is 0 Å². The summed E-state index contributed by atoms with van der Waals surface area (Å²) in [5.41, 5.74) is 2.57. The lowest BCUT2D eigenvalue weighted by atomic mass is 10.1. The zero-order chi connectivity index (χ0) is 21.5. The molecule has 0 aromatic heterocycles. The molecule has 0 spiro atoms. The lowest BCUT2D eigenvalue weighted by molar-refractivity contribution is -0.125. The molecular formula is C23H26F2N2O3. The van der Waals surface area contributed by atoms with Crippen LogP contribution in [0.15, 0.2) is 48.5 Å². The molecule has 1 fully saturated rings. The number of halogens is 2. The Kier molecular flexibility index (Phi) is 7.27. The minimum atomic E-state index is -2.99. The monoisotopic (exact) mass is 416 g/mol. The summed E-state index contributed by atoms with van der Waals surface area (Å²) < 4.78 is 35.2. The van der Waals surface area contributed by atoms with Gasteiger partial charge in [-0.1, -0.05) is 30.3 Å². The van der Waals surface area contributed by atoms with E-state index in [4.69, 9.17) is 4.74 Å². The standard InChI is InChI=1S/C23H26F2N2O3/c1-26(16-18-8-3-4-10-19(18)27-14-5-6-15-27)21(28)13-12-17-9-7-11-20(29-2)22(17)30-23(24)25/h3-4,7-13,23H,5-6,14-16H2,1-2H3/b13-12+. The van der Waals surface area contributed by atoms with Gasteiger partial charge in [-0.2, -0.15) is 8.78 Å². The molecule has 7 heteroatoms. The number of rotatable bonds is 8. The summed E-state index contributed by atoms with van der Waals surface area (Å²) in [6.07, 6.45) is 5.17. The highest BCUT2D eigenvalue weighted by atomic mass is 19.3. The summed E-state index contributed by atoms with van der Waals surface area (Å²) in [7, 11) is 3.09. The van der Waals surface area contributed by atoms with Crippen LogP contribution < -0.4 is 14.4 Å². The predicted molar refractivity (Wildman–Crippen MR) is 113 cm³/mol. The minimum absolute atomic E-state index is 0.0962. The molecule has 0 radical (unpaired) electrons. The Morgan fingerprint density at radius 1 is 1.17 bits per heavy atom. The normalized spacial score (nSPS) is 13.8. The number of anilines is 1. The van der Waals surface area contributed by atoms with Crippen molar-refractivity contribution in [2.45, 2.75) is 26.0 Å². The maximum Gasteiger partial charge on any atom is 0.387 e. The highest BCUT2D eigenvalue weighted by molar-refractivity contribution is 5.92. The predicted octanol–water partition coefficient (Wildman–Crippen LogP) is 4.57. The second-order valence-corrected chi connectivity index (χ2v) is 7.11. The first kappa shape index (κ1) is 21.6. The molecule has 0 N–H and O–H groups in total. The van der Waals surface area contributed by atoms with E-state index in [1.54, 1.807) is 24.1 Å². The van der Waals surface area contributed by atoms with Crippen LogP contribution in [0.1, 0.15) is 24.0 Å². The lowest BCUT2D eigenvalue weighted by Gasteiger charge is -2.24. The average Bonchev–Trinajstić information content (AvgIpc) is 3.27. The number of amides is 1. The summed E-state index contributed by atoms with van der Waals surface area (Å²) in [6, 6.07) is 12.8. The maximum atomic E-state index is 12.8. The van der Waals surface area contributed by atoms with Gasteiger partial charge in [0.05, 0.1) is 7.11 Å². The number of para-hydroxylation sites is 2. The van der Waals surface area contributed by atoms with E-state index in [-0.39, 0.29) is 17.4 Å². The van der Waals surface area contributed by atoms with Gasteiger partial charge in [-0.05, 0) is 36.6 Å². The summed E-state index contributed by atoms with van der Waals surface area (Å²) in [4.78, 5) is 16.6. The van der Waals surface area contributed by atoms with Crippen molar-refractivity contribution >= 4 is 17.7 Å². The van der Waals surface area contributed by atoms with Crippen LogP contribution in [-0.2, 0) is 11.3 Å². The molecule has 1 aliphatic heterocycles. The third-order valence-electron chi connectivity index (χ3n) is 5.06. The quantitative estimate of drug-likeness (QED) is 0.592. The van der Waals surface area contributed by atoms with Gasteiger partial charge in [0, 0.05) is 44.0 Å². The number of carbonyl (C=O) groups is 1. The number of likely N-dealkylation sites (N-methyl/N-ethyl adjacent to an activating group) is 1. The van der Waals surface area contributed by atoms with Crippen molar-refractivity contribution in [3.63, 3.8) is 0 Å². The summed E-state index contributed by atoms with van der Waals surface area (Å²) in [6.45, 7) is -0.489. The zero-order valence-electron chi connectivity index (χ0n) is 17.2. The molecule has 0 atom stereocenters. The first-order valence-corrected chi connectivity index (χ1v) is 9.87. The van der Waals surface area contributed by atoms with E-state index in [0.29, 0.717) is 12.1 Å². The number of ether oxygens (including phenoxy) is 2. The van der Waals surface area contributed by atoms with Crippen LogP contribution in [0.5, 0.6) is 11.5 Å². The number of hydrogen-bond donors (Lipinski definition) is 0. The fraction of sp³-hybridized carbons (Fsp3) is 0.348. The number of carbonyl (C=O) groups excluding carboxylic acids is 1. The third kappa shape index (κ3) is 5.28. The summed E-state index contributed by atoms with van der Waals surface area (Å²) in [5.74, 6) is -0.157.